The average Bonchev–Trinajstić information content (AvgIpc) is 2.36. The Hall–Kier alpha value is -1.02. The van der Waals surface area contributed by atoms with Crippen LogP contribution in [0.3, 0.4) is 0 Å². The summed E-state index contributed by atoms with van der Waals surface area (Å²) in [5.41, 5.74) is 4.39. The predicted molar refractivity (Wildman–Crippen MR) is 90.7 cm³/mol. The molecule has 0 radical (unpaired) electrons. The standard InChI is InChI=1S/C18H32N2/c1-7-11-18(5,13-19-8-2)14-20(6)17-10-9-15(3)12-16(17)4/h9-10,12,19H,7-8,11,13-14H2,1-6H3. The smallest absolute Gasteiger partial charge is 0.0393 e. The molecular weight excluding hydrogens is 244 g/mol. The van der Waals surface area contributed by atoms with Crippen molar-refractivity contribution >= 4 is 5.69 Å². The van der Waals surface area contributed by atoms with Gasteiger partial charge in [-0.2, -0.15) is 0 Å². The van der Waals surface area contributed by atoms with E-state index in [0.717, 1.165) is 19.6 Å². The fraction of sp³-hybridized carbons (Fsp3) is 0.667. The second-order valence-electron chi connectivity index (χ2n) is 6.49. The van der Waals surface area contributed by atoms with Gasteiger partial charge in [-0.15, -0.1) is 0 Å². The first-order valence-electron chi connectivity index (χ1n) is 7.91. The first-order valence-corrected chi connectivity index (χ1v) is 7.91. The van der Waals surface area contributed by atoms with Gasteiger partial charge in [0.1, 0.15) is 0 Å². The van der Waals surface area contributed by atoms with E-state index >= 15 is 0 Å². The molecule has 2 nitrogen and oxygen atoms in total. The third-order valence-corrected chi connectivity index (χ3v) is 4.04. The van der Waals surface area contributed by atoms with Gasteiger partial charge in [-0.25, -0.2) is 0 Å². The molecule has 1 aromatic carbocycles. The molecule has 1 unspecified atom stereocenters. The summed E-state index contributed by atoms with van der Waals surface area (Å²) in [5.74, 6) is 0. The number of benzene rings is 1. The van der Waals surface area contributed by atoms with Crippen LogP contribution in [0.2, 0.25) is 0 Å². The van der Waals surface area contributed by atoms with Crippen molar-refractivity contribution in [2.45, 2.75) is 47.5 Å². The first-order chi connectivity index (χ1) is 9.41. The zero-order chi connectivity index (χ0) is 15.2. The lowest BCUT2D eigenvalue weighted by atomic mass is 9.84. The highest BCUT2D eigenvalue weighted by molar-refractivity contribution is 5.53. The lowest BCUT2D eigenvalue weighted by Crippen LogP contribution is -2.41. The SMILES string of the molecule is CCCC(C)(CNCC)CN(C)c1ccc(C)cc1C. The van der Waals surface area contributed by atoms with Gasteiger partial charge >= 0.3 is 0 Å². The Morgan fingerprint density at radius 3 is 2.45 bits per heavy atom. The third kappa shape index (κ3) is 4.82. The number of anilines is 1. The van der Waals surface area contributed by atoms with E-state index in [4.69, 9.17) is 0 Å². The Kier molecular flexibility index (Phi) is 6.54. The Morgan fingerprint density at radius 1 is 1.20 bits per heavy atom. The maximum Gasteiger partial charge on any atom is 0.0393 e. The molecule has 0 aliphatic carbocycles. The summed E-state index contributed by atoms with van der Waals surface area (Å²) in [6.45, 7) is 14.5. The molecule has 0 amide bonds. The van der Waals surface area contributed by atoms with Crippen LogP contribution < -0.4 is 10.2 Å². The summed E-state index contributed by atoms with van der Waals surface area (Å²) < 4.78 is 0. The molecule has 0 fully saturated rings. The van der Waals surface area contributed by atoms with Crippen molar-refractivity contribution in [2.75, 3.05) is 31.6 Å². The van der Waals surface area contributed by atoms with E-state index in [1.807, 2.05) is 0 Å². The second-order valence-corrected chi connectivity index (χ2v) is 6.49. The van der Waals surface area contributed by atoms with Crippen molar-refractivity contribution in [2.24, 2.45) is 5.41 Å². The van der Waals surface area contributed by atoms with E-state index in [1.165, 1.54) is 29.7 Å². The average molecular weight is 276 g/mol. The first kappa shape index (κ1) is 17.0. The van der Waals surface area contributed by atoms with E-state index in [2.05, 4.69) is 70.1 Å². The fourth-order valence-electron chi connectivity index (χ4n) is 3.15. The number of aryl methyl sites for hydroxylation is 2. The Bertz CT molecular complexity index is 414. The van der Waals surface area contributed by atoms with E-state index in [-0.39, 0.29) is 0 Å². The Labute approximate surface area is 125 Å². The van der Waals surface area contributed by atoms with Gasteiger partial charge in [0.05, 0.1) is 0 Å². The van der Waals surface area contributed by atoms with E-state index < -0.39 is 0 Å². The molecule has 2 heteroatoms. The van der Waals surface area contributed by atoms with Crippen molar-refractivity contribution < 1.29 is 0 Å². The molecule has 0 aliphatic rings. The van der Waals surface area contributed by atoms with Crippen molar-refractivity contribution in [3.63, 3.8) is 0 Å². The molecule has 0 spiro atoms. The van der Waals surface area contributed by atoms with Gasteiger partial charge in [0.25, 0.3) is 0 Å². The monoisotopic (exact) mass is 276 g/mol. The number of hydrogen-bond donors (Lipinski definition) is 1. The van der Waals surface area contributed by atoms with Gasteiger partial charge in [-0.05, 0) is 43.9 Å². The summed E-state index contributed by atoms with van der Waals surface area (Å²) in [7, 11) is 2.22. The number of nitrogens with zero attached hydrogens (tertiary/aromatic N) is 1. The number of hydrogen-bond acceptors (Lipinski definition) is 2. The van der Waals surface area contributed by atoms with Crippen LogP contribution in [0.15, 0.2) is 18.2 Å². The van der Waals surface area contributed by atoms with E-state index in [9.17, 15) is 0 Å². The minimum absolute atomic E-state index is 0.330. The number of rotatable bonds is 8. The van der Waals surface area contributed by atoms with Crippen LogP contribution >= 0.6 is 0 Å². The van der Waals surface area contributed by atoms with Crippen molar-refractivity contribution in [1.29, 1.82) is 0 Å². The summed E-state index contributed by atoms with van der Waals surface area (Å²) in [6, 6.07) is 6.73. The maximum atomic E-state index is 3.53. The van der Waals surface area contributed by atoms with Gasteiger partial charge < -0.3 is 10.2 Å². The van der Waals surface area contributed by atoms with E-state index in [0.29, 0.717) is 5.41 Å². The minimum Gasteiger partial charge on any atom is -0.374 e. The molecule has 0 saturated heterocycles. The molecule has 0 aromatic heterocycles. The molecule has 114 valence electrons. The summed E-state index contributed by atoms with van der Waals surface area (Å²) in [6.07, 6.45) is 2.50. The van der Waals surface area contributed by atoms with Gasteiger partial charge in [-0.1, -0.05) is 44.9 Å². The van der Waals surface area contributed by atoms with Crippen LogP contribution in [0.5, 0.6) is 0 Å². The van der Waals surface area contributed by atoms with Gasteiger partial charge in [0, 0.05) is 25.8 Å². The summed E-state index contributed by atoms with van der Waals surface area (Å²) >= 11 is 0. The molecule has 1 atom stereocenters. The van der Waals surface area contributed by atoms with Crippen molar-refractivity contribution in [1.82, 2.24) is 5.32 Å². The quantitative estimate of drug-likeness (QED) is 0.767. The van der Waals surface area contributed by atoms with Crippen LogP contribution in [-0.4, -0.2) is 26.7 Å². The second kappa shape index (κ2) is 7.68. The van der Waals surface area contributed by atoms with Crippen LogP contribution in [0.25, 0.3) is 0 Å². The molecule has 1 aromatic rings. The predicted octanol–water partition coefficient (Wildman–Crippen LogP) is 4.16. The molecule has 0 bridgehead atoms. The van der Waals surface area contributed by atoms with Crippen LogP contribution in [0.4, 0.5) is 5.69 Å². The van der Waals surface area contributed by atoms with Crippen molar-refractivity contribution in [3.8, 4) is 0 Å². The zero-order valence-corrected chi connectivity index (χ0v) is 14.2. The zero-order valence-electron chi connectivity index (χ0n) is 14.2. The Balaban J connectivity index is 2.81. The lowest BCUT2D eigenvalue weighted by molar-refractivity contribution is 0.286. The highest BCUT2D eigenvalue weighted by Crippen LogP contribution is 2.28. The van der Waals surface area contributed by atoms with Gasteiger partial charge in [0.15, 0.2) is 0 Å². The lowest BCUT2D eigenvalue weighted by Gasteiger charge is -2.35. The highest BCUT2D eigenvalue weighted by Gasteiger charge is 2.25. The summed E-state index contributed by atoms with van der Waals surface area (Å²) in [5, 5.41) is 3.53. The minimum atomic E-state index is 0.330. The molecule has 1 N–H and O–H groups in total. The fourth-order valence-corrected chi connectivity index (χ4v) is 3.15. The molecule has 0 saturated carbocycles. The Morgan fingerprint density at radius 2 is 1.90 bits per heavy atom. The van der Waals surface area contributed by atoms with E-state index in [1.54, 1.807) is 0 Å². The largest absolute Gasteiger partial charge is 0.374 e. The topological polar surface area (TPSA) is 15.3 Å². The molecule has 20 heavy (non-hydrogen) atoms. The number of nitrogens with one attached hydrogen (secondary N) is 1. The van der Waals surface area contributed by atoms with Crippen LogP contribution in [-0.2, 0) is 0 Å². The van der Waals surface area contributed by atoms with Crippen LogP contribution in [0.1, 0.15) is 44.7 Å². The maximum absolute atomic E-state index is 3.53. The molecular formula is C18H32N2. The van der Waals surface area contributed by atoms with Crippen molar-refractivity contribution in [3.05, 3.63) is 29.3 Å². The molecule has 0 aliphatic heterocycles. The molecule has 1 rings (SSSR count). The highest BCUT2D eigenvalue weighted by atomic mass is 15.1. The normalized spacial score (nSPS) is 14.1. The third-order valence-electron chi connectivity index (χ3n) is 4.04. The van der Waals surface area contributed by atoms with Gasteiger partial charge in [0.2, 0.25) is 0 Å². The molecule has 0 heterocycles. The van der Waals surface area contributed by atoms with Gasteiger partial charge in [-0.3, -0.25) is 0 Å². The van der Waals surface area contributed by atoms with Crippen LogP contribution in [0, 0.1) is 19.3 Å². The summed E-state index contributed by atoms with van der Waals surface area (Å²) in [4.78, 5) is 2.42.